The monoisotopic (exact) mass is 278 g/mol. The van der Waals surface area contributed by atoms with E-state index in [0.29, 0.717) is 0 Å². The minimum atomic E-state index is -3.05. The minimum absolute atomic E-state index is 0.0346. The Morgan fingerprint density at radius 3 is 2.64 bits per heavy atom. The standard InChI is InChI=1S/C4H11IN2O4/c6-7-1-3(9)5(11)4(10)2-8/h3,7-9,11H,1-2,6H2. The summed E-state index contributed by atoms with van der Waals surface area (Å²) in [6.07, 6.45) is 0. The fourth-order valence-electron chi connectivity index (χ4n) is 0.372. The van der Waals surface area contributed by atoms with Crippen molar-refractivity contribution in [3.63, 3.8) is 0 Å². The van der Waals surface area contributed by atoms with E-state index in [1.165, 1.54) is 0 Å². The number of halogens is 1. The third-order valence-corrected chi connectivity index (χ3v) is 4.24. The quantitative estimate of drug-likeness (QED) is 0.127. The molecule has 0 rings (SSSR count). The van der Waals surface area contributed by atoms with Gasteiger partial charge in [0.1, 0.15) is 0 Å². The molecule has 0 aromatic carbocycles. The Morgan fingerprint density at radius 2 is 2.27 bits per heavy atom. The predicted molar refractivity (Wildman–Crippen MR) is 46.5 cm³/mol. The molecule has 0 saturated carbocycles. The molecule has 7 heteroatoms. The molecule has 1 atom stereocenters. The Balaban J connectivity index is 3.80. The molecule has 0 aliphatic heterocycles. The van der Waals surface area contributed by atoms with Crippen molar-refractivity contribution in [1.29, 1.82) is 0 Å². The van der Waals surface area contributed by atoms with E-state index >= 15 is 0 Å². The van der Waals surface area contributed by atoms with Crippen LogP contribution in [0, 0.1) is 0 Å². The Labute approximate surface area is 71.3 Å². The molecule has 0 aliphatic rings. The van der Waals surface area contributed by atoms with Crippen LogP contribution in [0.4, 0.5) is 0 Å². The number of hydrazine groups is 1. The van der Waals surface area contributed by atoms with Crippen molar-refractivity contribution < 1.29 is 18.4 Å². The van der Waals surface area contributed by atoms with Crippen molar-refractivity contribution in [2.45, 2.75) is 4.11 Å². The first-order valence-electron chi connectivity index (χ1n) is 2.76. The molecule has 0 radical (unpaired) electrons. The zero-order valence-corrected chi connectivity index (χ0v) is 7.85. The maximum atomic E-state index is 10.6. The second-order valence-corrected chi connectivity index (χ2v) is 5.95. The third kappa shape index (κ3) is 3.94. The van der Waals surface area contributed by atoms with E-state index in [1.54, 1.807) is 0 Å². The summed E-state index contributed by atoms with van der Waals surface area (Å²) in [6, 6.07) is 0. The molecule has 0 amide bonds. The van der Waals surface area contributed by atoms with Crippen LogP contribution in [0.2, 0.25) is 0 Å². The molecule has 0 saturated heterocycles. The number of aliphatic hydroxyl groups is 2. The molecule has 6 N–H and O–H groups in total. The van der Waals surface area contributed by atoms with Gasteiger partial charge in [-0.15, -0.1) is 0 Å². The Morgan fingerprint density at radius 1 is 1.73 bits per heavy atom. The van der Waals surface area contributed by atoms with Gasteiger partial charge in [-0.1, -0.05) is 0 Å². The van der Waals surface area contributed by atoms with Crippen molar-refractivity contribution in [3.05, 3.63) is 0 Å². The number of alkyl halides is 1. The summed E-state index contributed by atoms with van der Waals surface area (Å²) in [5.41, 5.74) is 2.12. The van der Waals surface area contributed by atoms with Crippen LogP contribution in [0.5, 0.6) is 0 Å². The normalized spacial score (nSPS) is 14.4. The number of nitrogens with two attached hydrogens (primary N) is 1. The summed E-state index contributed by atoms with van der Waals surface area (Å²) < 4.78 is 7.23. The van der Waals surface area contributed by atoms with Gasteiger partial charge >= 0.3 is 71.0 Å². The molecular weight excluding hydrogens is 267 g/mol. The van der Waals surface area contributed by atoms with E-state index in [-0.39, 0.29) is 6.54 Å². The van der Waals surface area contributed by atoms with Crippen molar-refractivity contribution in [3.8, 4) is 0 Å². The summed E-state index contributed by atoms with van der Waals surface area (Å²) in [4.78, 5) is 10.6. The van der Waals surface area contributed by atoms with Gasteiger partial charge in [0.15, 0.2) is 0 Å². The van der Waals surface area contributed by atoms with Gasteiger partial charge in [-0.05, 0) is 0 Å². The van der Waals surface area contributed by atoms with Crippen LogP contribution in [0.25, 0.3) is 0 Å². The van der Waals surface area contributed by atoms with Crippen LogP contribution in [-0.4, -0.2) is 34.7 Å². The first-order valence-corrected chi connectivity index (χ1v) is 6.05. The van der Waals surface area contributed by atoms with Gasteiger partial charge < -0.3 is 0 Å². The number of hydrogen-bond donors (Lipinski definition) is 5. The molecule has 0 aliphatic carbocycles. The Hall–Kier alpha value is 0.200. The first-order chi connectivity index (χ1) is 5.13. The van der Waals surface area contributed by atoms with Crippen LogP contribution in [0.3, 0.4) is 0 Å². The van der Waals surface area contributed by atoms with Crippen LogP contribution in [0.15, 0.2) is 0 Å². The van der Waals surface area contributed by atoms with Crippen LogP contribution in [-0.2, 0) is 4.79 Å². The second kappa shape index (κ2) is 5.80. The number of carbonyl (C=O) groups excluding carboxylic acids is 1. The molecule has 0 aromatic rings. The number of nitrogens with one attached hydrogen (secondary N) is 1. The molecule has 0 aromatic heterocycles. The average Bonchev–Trinajstić information content (AvgIpc) is 2.02. The summed E-state index contributed by atoms with van der Waals surface area (Å²) in [5, 5.41) is 17.3. The van der Waals surface area contributed by atoms with Gasteiger partial charge in [0.2, 0.25) is 0 Å². The number of rotatable bonds is 5. The summed E-state index contributed by atoms with van der Waals surface area (Å²) in [6.45, 7) is -0.754. The van der Waals surface area contributed by atoms with Crippen molar-refractivity contribution in [2.24, 2.45) is 5.84 Å². The molecule has 11 heavy (non-hydrogen) atoms. The van der Waals surface area contributed by atoms with E-state index in [4.69, 9.17) is 19.5 Å². The zero-order chi connectivity index (χ0) is 8.85. The van der Waals surface area contributed by atoms with Gasteiger partial charge in [-0.2, -0.15) is 0 Å². The van der Waals surface area contributed by atoms with Crippen molar-refractivity contribution in [2.75, 3.05) is 13.2 Å². The number of carbonyl (C=O) groups is 1. The molecule has 1 unspecified atom stereocenters. The fraction of sp³-hybridized carbons (Fsp3) is 0.750. The van der Waals surface area contributed by atoms with Crippen LogP contribution >= 0.6 is 20.2 Å². The molecule has 0 bridgehead atoms. The van der Waals surface area contributed by atoms with Gasteiger partial charge in [0.05, 0.1) is 0 Å². The Kier molecular flexibility index (Phi) is 5.91. The van der Waals surface area contributed by atoms with E-state index < -0.39 is 34.7 Å². The van der Waals surface area contributed by atoms with Crippen molar-refractivity contribution >= 4 is 24.0 Å². The number of aliphatic hydroxyl groups excluding tert-OH is 2. The van der Waals surface area contributed by atoms with Gasteiger partial charge in [0.25, 0.3) is 0 Å². The maximum absolute atomic E-state index is 10.6. The zero-order valence-electron chi connectivity index (χ0n) is 5.70. The molecule has 6 nitrogen and oxygen atoms in total. The first kappa shape index (κ1) is 11.2. The van der Waals surface area contributed by atoms with Gasteiger partial charge in [-0.3, -0.25) is 0 Å². The third-order valence-electron chi connectivity index (χ3n) is 0.865. The van der Waals surface area contributed by atoms with Gasteiger partial charge in [0, 0.05) is 0 Å². The van der Waals surface area contributed by atoms with Crippen LogP contribution in [0.1, 0.15) is 0 Å². The van der Waals surface area contributed by atoms with E-state index in [9.17, 15) is 4.79 Å². The molecule has 0 fully saturated rings. The SMILES string of the molecule is NNCC(O)I(O)C(=O)CO. The van der Waals surface area contributed by atoms with E-state index in [1.807, 2.05) is 0 Å². The number of hydrogen-bond acceptors (Lipinski definition) is 6. The molecule has 68 valence electrons. The summed E-state index contributed by atoms with van der Waals surface area (Å²) in [5.74, 6) is 4.84. The van der Waals surface area contributed by atoms with E-state index in [2.05, 4.69) is 5.43 Å². The summed E-state index contributed by atoms with van der Waals surface area (Å²) in [7, 11) is 0. The molecular formula is C4H11IN2O4. The Bertz CT molecular complexity index is 133. The van der Waals surface area contributed by atoms with E-state index in [0.717, 1.165) is 0 Å². The summed E-state index contributed by atoms with van der Waals surface area (Å²) >= 11 is -3.05. The van der Waals surface area contributed by atoms with Crippen LogP contribution < -0.4 is 11.3 Å². The van der Waals surface area contributed by atoms with Gasteiger partial charge in [-0.25, -0.2) is 0 Å². The fourth-order valence-corrected chi connectivity index (χ4v) is 2.19. The topological polar surface area (TPSA) is 116 Å². The predicted octanol–water partition coefficient (Wildman–Crippen LogP) is -2.30. The molecule has 0 heterocycles. The average molecular weight is 278 g/mol. The molecule has 0 spiro atoms. The second-order valence-electron chi connectivity index (χ2n) is 1.65. The van der Waals surface area contributed by atoms with Crippen molar-refractivity contribution in [1.82, 2.24) is 5.43 Å².